The van der Waals surface area contributed by atoms with E-state index in [0.717, 1.165) is 16.6 Å². The number of fused-ring (bicyclic) bond motifs is 2. The number of amides is 1. The maximum absolute atomic E-state index is 13.7. The number of carbonyl (C=O) groups excluding carboxylic acids is 2. The molecule has 1 N–H and O–H groups in total. The van der Waals surface area contributed by atoms with Gasteiger partial charge >= 0.3 is 0 Å². The van der Waals surface area contributed by atoms with Crippen molar-refractivity contribution in [2.75, 3.05) is 25.8 Å². The zero-order valence-corrected chi connectivity index (χ0v) is 20.3. The predicted molar refractivity (Wildman–Crippen MR) is 137 cm³/mol. The monoisotopic (exact) mass is 496 g/mol. The molecule has 2 aliphatic heterocycles. The van der Waals surface area contributed by atoms with E-state index in [0.29, 0.717) is 22.6 Å². The number of hydrogen-bond donors (Lipinski definition) is 1. The number of ether oxygens (including phenoxy) is 2. The molecule has 0 aliphatic carbocycles. The van der Waals surface area contributed by atoms with E-state index in [-0.39, 0.29) is 24.7 Å². The fraction of sp³-hybridized carbons (Fsp3) is 0.172. The van der Waals surface area contributed by atoms with Crippen LogP contribution in [0, 0.1) is 0 Å². The van der Waals surface area contributed by atoms with E-state index < -0.39 is 23.5 Å². The highest BCUT2D eigenvalue weighted by molar-refractivity contribution is 6.16. The van der Waals surface area contributed by atoms with Gasteiger partial charge in [-0.3, -0.25) is 9.59 Å². The van der Waals surface area contributed by atoms with Crippen molar-refractivity contribution in [3.63, 3.8) is 0 Å². The summed E-state index contributed by atoms with van der Waals surface area (Å²) in [5, 5.41) is 11.8. The molecule has 0 spiro atoms. The summed E-state index contributed by atoms with van der Waals surface area (Å²) in [5.74, 6) is -0.445. The van der Waals surface area contributed by atoms with E-state index >= 15 is 0 Å². The molecule has 8 nitrogen and oxygen atoms in total. The van der Waals surface area contributed by atoms with Crippen molar-refractivity contribution in [3.05, 3.63) is 101 Å². The minimum Gasteiger partial charge on any atom is -0.503 e. The fourth-order valence-corrected chi connectivity index (χ4v) is 4.81. The van der Waals surface area contributed by atoms with Crippen LogP contribution < -0.4 is 14.4 Å². The molecule has 3 aromatic carbocycles. The van der Waals surface area contributed by atoms with Gasteiger partial charge in [0.25, 0.3) is 5.91 Å². The lowest BCUT2D eigenvalue weighted by Crippen LogP contribution is -2.30. The molecular formula is C29H24N2O6. The van der Waals surface area contributed by atoms with Crippen LogP contribution >= 0.6 is 0 Å². The van der Waals surface area contributed by atoms with Crippen LogP contribution in [0.5, 0.6) is 11.5 Å². The van der Waals surface area contributed by atoms with Gasteiger partial charge in [0.05, 0.1) is 11.6 Å². The van der Waals surface area contributed by atoms with Crippen LogP contribution in [0.2, 0.25) is 0 Å². The first kappa shape index (κ1) is 22.7. The molecule has 3 heterocycles. The summed E-state index contributed by atoms with van der Waals surface area (Å²) >= 11 is 0. The normalized spacial score (nSPS) is 16.6. The SMILES string of the molecule is CN(C)c1ccc(C2C(C(=O)c3cc4ccccc4o3)=C(O)C(=O)N2Cc2ccc3c(c2)OCO3)cc1. The molecule has 186 valence electrons. The Morgan fingerprint density at radius 1 is 1.00 bits per heavy atom. The minimum absolute atomic E-state index is 0.0117. The highest BCUT2D eigenvalue weighted by atomic mass is 16.7. The van der Waals surface area contributed by atoms with Crippen molar-refractivity contribution >= 4 is 28.3 Å². The number of Topliss-reactive ketones (excluding diaryl/α,β-unsaturated/α-hetero) is 1. The quantitative estimate of drug-likeness (QED) is 0.375. The standard InChI is InChI=1S/C29H24N2O6/c1-30(2)20-10-8-18(9-11-20)26-25(27(32)24-14-19-5-3-4-6-21(19)37-24)28(33)29(34)31(26)15-17-7-12-22-23(13-17)36-16-35-22/h3-14,26,33H,15-16H2,1-2H3. The number of ketones is 1. The molecule has 0 saturated heterocycles. The molecule has 1 aromatic heterocycles. The molecule has 0 bridgehead atoms. The lowest BCUT2D eigenvalue weighted by atomic mass is 9.94. The fourth-order valence-electron chi connectivity index (χ4n) is 4.81. The van der Waals surface area contributed by atoms with E-state index in [4.69, 9.17) is 13.9 Å². The predicted octanol–water partition coefficient (Wildman–Crippen LogP) is 5.01. The molecule has 37 heavy (non-hydrogen) atoms. The van der Waals surface area contributed by atoms with Crippen LogP contribution in [0.25, 0.3) is 11.0 Å². The number of furan rings is 1. The van der Waals surface area contributed by atoms with E-state index in [1.54, 1.807) is 24.3 Å². The third kappa shape index (κ3) is 3.87. The van der Waals surface area contributed by atoms with Crippen molar-refractivity contribution in [1.82, 2.24) is 4.90 Å². The molecule has 1 unspecified atom stereocenters. The van der Waals surface area contributed by atoms with Gasteiger partial charge in [-0.05, 0) is 47.5 Å². The lowest BCUT2D eigenvalue weighted by Gasteiger charge is -2.27. The number of benzene rings is 3. The van der Waals surface area contributed by atoms with Gasteiger partial charge in [-0.25, -0.2) is 0 Å². The first-order valence-corrected chi connectivity index (χ1v) is 11.8. The van der Waals surface area contributed by atoms with Gasteiger partial charge in [0.15, 0.2) is 23.0 Å². The second-order valence-corrected chi connectivity index (χ2v) is 9.25. The van der Waals surface area contributed by atoms with Gasteiger partial charge in [0, 0.05) is 31.7 Å². The zero-order chi connectivity index (χ0) is 25.7. The van der Waals surface area contributed by atoms with Gasteiger partial charge in [-0.15, -0.1) is 0 Å². The molecule has 2 aliphatic rings. The Balaban J connectivity index is 1.42. The van der Waals surface area contributed by atoms with Crippen LogP contribution in [0.1, 0.15) is 27.7 Å². The van der Waals surface area contributed by atoms with Gasteiger partial charge in [0.2, 0.25) is 12.6 Å². The molecule has 4 aromatic rings. The zero-order valence-electron chi connectivity index (χ0n) is 20.3. The van der Waals surface area contributed by atoms with E-state index in [1.807, 2.05) is 67.5 Å². The van der Waals surface area contributed by atoms with Crippen molar-refractivity contribution in [2.45, 2.75) is 12.6 Å². The molecular weight excluding hydrogens is 472 g/mol. The van der Waals surface area contributed by atoms with Gasteiger partial charge in [-0.1, -0.05) is 36.4 Å². The van der Waals surface area contributed by atoms with Crippen molar-refractivity contribution in [1.29, 1.82) is 0 Å². The molecule has 8 heteroatoms. The van der Waals surface area contributed by atoms with Crippen LogP contribution in [0.4, 0.5) is 5.69 Å². The first-order valence-electron chi connectivity index (χ1n) is 11.8. The molecule has 1 amide bonds. The van der Waals surface area contributed by atoms with Crippen LogP contribution in [0.15, 0.2) is 88.5 Å². The van der Waals surface area contributed by atoms with Crippen LogP contribution in [-0.4, -0.2) is 42.6 Å². The Bertz CT molecular complexity index is 1530. The summed E-state index contributed by atoms with van der Waals surface area (Å²) < 4.78 is 16.7. The number of rotatable bonds is 6. The number of anilines is 1. The average Bonchev–Trinajstić information content (AvgIpc) is 3.61. The topological polar surface area (TPSA) is 92.5 Å². The Morgan fingerprint density at radius 2 is 1.76 bits per heavy atom. The smallest absolute Gasteiger partial charge is 0.290 e. The van der Waals surface area contributed by atoms with Gasteiger partial charge in [-0.2, -0.15) is 0 Å². The van der Waals surface area contributed by atoms with Crippen molar-refractivity contribution in [2.24, 2.45) is 0 Å². The summed E-state index contributed by atoms with van der Waals surface area (Å²) in [6.07, 6.45) is 0. The second-order valence-electron chi connectivity index (χ2n) is 9.25. The van der Waals surface area contributed by atoms with E-state index in [2.05, 4.69) is 0 Å². The van der Waals surface area contributed by atoms with Crippen LogP contribution in [-0.2, 0) is 11.3 Å². The minimum atomic E-state index is -0.810. The first-order chi connectivity index (χ1) is 17.9. The number of nitrogens with zero attached hydrogens (tertiary/aromatic N) is 2. The number of para-hydroxylation sites is 1. The molecule has 0 saturated carbocycles. The molecule has 1 atom stereocenters. The maximum Gasteiger partial charge on any atom is 0.290 e. The average molecular weight is 497 g/mol. The third-order valence-electron chi connectivity index (χ3n) is 6.71. The third-order valence-corrected chi connectivity index (χ3v) is 6.71. The maximum atomic E-state index is 13.7. The number of carbonyl (C=O) groups is 2. The second kappa shape index (κ2) is 8.74. The van der Waals surface area contributed by atoms with Gasteiger partial charge in [0.1, 0.15) is 5.58 Å². The Labute approximate surface area is 212 Å². The molecule has 0 fully saturated rings. The number of aliphatic hydroxyl groups is 1. The van der Waals surface area contributed by atoms with E-state index in [9.17, 15) is 14.7 Å². The Hall–Kier alpha value is -4.72. The highest BCUT2D eigenvalue weighted by Crippen LogP contribution is 2.42. The number of aliphatic hydroxyl groups excluding tert-OH is 1. The van der Waals surface area contributed by atoms with Gasteiger partial charge < -0.3 is 28.8 Å². The molecule has 0 radical (unpaired) electrons. The van der Waals surface area contributed by atoms with Crippen molar-refractivity contribution in [3.8, 4) is 11.5 Å². The number of hydrogen-bond acceptors (Lipinski definition) is 7. The summed E-state index contributed by atoms with van der Waals surface area (Å²) in [4.78, 5) is 30.6. The Kier molecular flexibility index (Phi) is 5.37. The summed E-state index contributed by atoms with van der Waals surface area (Å²) in [5.41, 5.74) is 2.98. The highest BCUT2D eigenvalue weighted by Gasteiger charge is 2.44. The summed E-state index contributed by atoms with van der Waals surface area (Å²) in [6.45, 7) is 0.289. The van der Waals surface area contributed by atoms with E-state index in [1.165, 1.54) is 4.90 Å². The van der Waals surface area contributed by atoms with Crippen molar-refractivity contribution < 1.29 is 28.6 Å². The molecule has 6 rings (SSSR count). The lowest BCUT2D eigenvalue weighted by molar-refractivity contribution is -0.130. The summed E-state index contributed by atoms with van der Waals surface area (Å²) in [6, 6.07) is 21.1. The Morgan fingerprint density at radius 3 is 2.51 bits per heavy atom. The largest absolute Gasteiger partial charge is 0.503 e. The summed E-state index contributed by atoms with van der Waals surface area (Å²) in [7, 11) is 3.87. The van der Waals surface area contributed by atoms with Crippen LogP contribution in [0.3, 0.4) is 0 Å².